The predicted molar refractivity (Wildman–Crippen MR) is 70.8 cm³/mol. The molecule has 0 aromatic heterocycles. The van der Waals surface area contributed by atoms with Crippen LogP contribution in [0.25, 0.3) is 0 Å². The fourth-order valence-corrected chi connectivity index (χ4v) is 1.93. The zero-order chi connectivity index (χ0) is 14.0. The van der Waals surface area contributed by atoms with E-state index >= 15 is 0 Å². The Balaban J connectivity index is 4.91. The van der Waals surface area contributed by atoms with Crippen molar-refractivity contribution < 1.29 is 19.4 Å². The summed E-state index contributed by atoms with van der Waals surface area (Å²) in [5.41, 5.74) is -1.39. The van der Waals surface area contributed by atoms with Crippen molar-refractivity contribution in [2.75, 3.05) is 12.5 Å². The van der Waals surface area contributed by atoms with Gasteiger partial charge in [0.05, 0.1) is 5.88 Å². The van der Waals surface area contributed by atoms with Gasteiger partial charge in [-0.25, -0.2) is 0 Å². The number of alkyl halides is 1. The molecular formula is C13H23ClO4. The molecule has 0 aliphatic carbocycles. The molecule has 1 N–H and O–H groups in total. The Morgan fingerprint density at radius 3 is 2.00 bits per heavy atom. The monoisotopic (exact) mass is 278 g/mol. The van der Waals surface area contributed by atoms with Gasteiger partial charge in [-0.2, -0.15) is 0 Å². The van der Waals surface area contributed by atoms with Crippen LogP contribution < -0.4 is 0 Å². The van der Waals surface area contributed by atoms with E-state index < -0.39 is 17.4 Å². The smallest absolute Gasteiger partial charge is 0.323 e. The molecule has 0 fully saturated rings. The lowest BCUT2D eigenvalue weighted by atomic mass is 9.78. The number of halogens is 1. The average molecular weight is 279 g/mol. The Bertz CT molecular complexity index is 258. The quantitative estimate of drug-likeness (QED) is 0.379. The highest BCUT2D eigenvalue weighted by Gasteiger charge is 2.46. The zero-order valence-electron chi connectivity index (χ0n) is 11.2. The summed E-state index contributed by atoms with van der Waals surface area (Å²) < 4.78 is 4.96. The standard InChI is InChI=1S/C13H23ClO4/c1-3-5-7-13(11(15)16,8-6-4-2)12(17)18-10-9-14/h3-10H2,1-2H3,(H,15,16). The SMILES string of the molecule is CCCCC(CCCC)(C(=O)O)C(=O)OCCCl. The van der Waals surface area contributed by atoms with Gasteiger partial charge in [-0.05, 0) is 12.8 Å². The summed E-state index contributed by atoms with van der Waals surface area (Å²) >= 11 is 5.46. The maximum absolute atomic E-state index is 12.0. The normalized spacial score (nSPS) is 11.3. The van der Waals surface area contributed by atoms with Crippen molar-refractivity contribution in [2.45, 2.75) is 52.4 Å². The van der Waals surface area contributed by atoms with Gasteiger partial charge in [-0.3, -0.25) is 9.59 Å². The summed E-state index contributed by atoms with van der Waals surface area (Å²) in [6.45, 7) is 4.00. The summed E-state index contributed by atoms with van der Waals surface area (Å²) in [5.74, 6) is -1.54. The van der Waals surface area contributed by atoms with Crippen LogP contribution in [0.2, 0.25) is 0 Å². The number of ether oxygens (including phenoxy) is 1. The average Bonchev–Trinajstić information content (AvgIpc) is 2.36. The molecule has 0 unspecified atom stereocenters. The first kappa shape index (κ1) is 17.2. The number of carboxylic acid groups (broad SMARTS) is 1. The Kier molecular flexibility index (Phi) is 8.81. The fourth-order valence-electron chi connectivity index (χ4n) is 1.86. The Morgan fingerprint density at radius 1 is 1.17 bits per heavy atom. The van der Waals surface area contributed by atoms with Gasteiger partial charge in [-0.1, -0.05) is 39.5 Å². The molecule has 0 amide bonds. The van der Waals surface area contributed by atoms with Gasteiger partial charge in [0.25, 0.3) is 0 Å². The molecule has 0 spiro atoms. The molecule has 4 nitrogen and oxygen atoms in total. The van der Waals surface area contributed by atoms with Gasteiger partial charge >= 0.3 is 11.9 Å². The topological polar surface area (TPSA) is 63.6 Å². The fraction of sp³-hybridized carbons (Fsp3) is 0.846. The number of carbonyl (C=O) groups excluding carboxylic acids is 1. The number of aliphatic carboxylic acids is 1. The minimum absolute atomic E-state index is 0.0632. The maximum atomic E-state index is 12.0. The molecule has 0 aliphatic rings. The van der Waals surface area contributed by atoms with E-state index in [9.17, 15) is 14.7 Å². The van der Waals surface area contributed by atoms with Gasteiger partial charge < -0.3 is 9.84 Å². The van der Waals surface area contributed by atoms with E-state index in [2.05, 4.69) is 0 Å². The van der Waals surface area contributed by atoms with Crippen LogP contribution in [0.15, 0.2) is 0 Å². The highest BCUT2D eigenvalue weighted by molar-refractivity contribution is 6.18. The molecule has 106 valence electrons. The largest absolute Gasteiger partial charge is 0.480 e. The third-order valence-corrected chi connectivity index (χ3v) is 3.18. The summed E-state index contributed by atoms with van der Waals surface area (Å²) in [6.07, 6.45) is 3.77. The van der Waals surface area contributed by atoms with E-state index in [1.165, 1.54) is 0 Å². The van der Waals surface area contributed by atoms with Crippen LogP contribution in [0.3, 0.4) is 0 Å². The van der Waals surface area contributed by atoms with Crippen LogP contribution in [0.5, 0.6) is 0 Å². The van der Waals surface area contributed by atoms with Crippen LogP contribution in [-0.4, -0.2) is 29.5 Å². The van der Waals surface area contributed by atoms with Crippen LogP contribution in [-0.2, 0) is 14.3 Å². The van der Waals surface area contributed by atoms with Gasteiger partial charge in [0, 0.05) is 0 Å². The minimum atomic E-state index is -1.39. The van der Waals surface area contributed by atoms with Crippen molar-refractivity contribution in [1.29, 1.82) is 0 Å². The van der Waals surface area contributed by atoms with Crippen molar-refractivity contribution >= 4 is 23.5 Å². The second-order valence-electron chi connectivity index (χ2n) is 4.42. The van der Waals surface area contributed by atoms with Crippen molar-refractivity contribution in [1.82, 2.24) is 0 Å². The van der Waals surface area contributed by atoms with Crippen LogP contribution in [0.1, 0.15) is 52.4 Å². The summed E-state index contributed by atoms with van der Waals surface area (Å²) in [6, 6.07) is 0. The number of hydrogen-bond acceptors (Lipinski definition) is 3. The van der Waals surface area contributed by atoms with E-state index in [1.54, 1.807) is 0 Å². The summed E-state index contributed by atoms with van der Waals surface area (Å²) in [7, 11) is 0. The number of carbonyl (C=O) groups is 2. The second kappa shape index (κ2) is 9.20. The van der Waals surface area contributed by atoms with Gasteiger partial charge in [0.15, 0.2) is 5.41 Å². The third kappa shape index (κ3) is 4.84. The number of hydrogen-bond donors (Lipinski definition) is 1. The van der Waals surface area contributed by atoms with Crippen LogP contribution in [0, 0.1) is 5.41 Å². The number of esters is 1. The molecule has 5 heteroatoms. The molecule has 0 bridgehead atoms. The van der Waals surface area contributed by atoms with Crippen molar-refractivity contribution in [3.05, 3.63) is 0 Å². The van der Waals surface area contributed by atoms with E-state index in [0.29, 0.717) is 25.7 Å². The summed E-state index contributed by atoms with van der Waals surface area (Å²) in [5, 5.41) is 9.41. The molecule has 0 saturated heterocycles. The molecule has 0 radical (unpaired) electrons. The van der Waals surface area contributed by atoms with E-state index in [-0.39, 0.29) is 12.5 Å². The van der Waals surface area contributed by atoms with Crippen molar-refractivity contribution in [3.63, 3.8) is 0 Å². The lowest BCUT2D eigenvalue weighted by Crippen LogP contribution is -2.41. The molecule has 0 atom stereocenters. The van der Waals surface area contributed by atoms with Crippen LogP contribution >= 0.6 is 11.6 Å². The van der Waals surface area contributed by atoms with Gasteiger partial charge in [-0.15, -0.1) is 11.6 Å². The predicted octanol–water partition coefficient (Wildman–Crippen LogP) is 3.22. The number of unbranched alkanes of at least 4 members (excludes halogenated alkanes) is 2. The molecule has 0 saturated carbocycles. The molecule has 0 aromatic rings. The molecular weight excluding hydrogens is 256 g/mol. The molecule has 0 rings (SSSR count). The van der Waals surface area contributed by atoms with Crippen LogP contribution in [0.4, 0.5) is 0 Å². The second-order valence-corrected chi connectivity index (χ2v) is 4.80. The maximum Gasteiger partial charge on any atom is 0.323 e. The van der Waals surface area contributed by atoms with E-state index in [1.807, 2.05) is 13.8 Å². The highest BCUT2D eigenvalue weighted by atomic mass is 35.5. The third-order valence-electron chi connectivity index (χ3n) is 3.02. The molecule has 0 aromatic carbocycles. The Morgan fingerprint density at radius 2 is 1.67 bits per heavy atom. The van der Waals surface area contributed by atoms with Crippen molar-refractivity contribution in [2.24, 2.45) is 5.41 Å². The molecule has 18 heavy (non-hydrogen) atoms. The first-order valence-corrected chi connectivity index (χ1v) is 7.05. The number of rotatable bonds is 10. The summed E-state index contributed by atoms with van der Waals surface area (Å²) in [4.78, 5) is 23.5. The minimum Gasteiger partial charge on any atom is -0.480 e. The molecule has 0 aliphatic heterocycles. The Labute approximate surface area is 114 Å². The zero-order valence-corrected chi connectivity index (χ0v) is 12.0. The lowest BCUT2D eigenvalue weighted by molar-refractivity contribution is -0.170. The Hall–Kier alpha value is -0.770. The van der Waals surface area contributed by atoms with Gasteiger partial charge in [0.1, 0.15) is 6.61 Å². The van der Waals surface area contributed by atoms with Crippen molar-refractivity contribution in [3.8, 4) is 0 Å². The first-order chi connectivity index (χ1) is 8.55. The molecule has 0 heterocycles. The van der Waals surface area contributed by atoms with E-state index in [0.717, 1.165) is 12.8 Å². The van der Waals surface area contributed by atoms with E-state index in [4.69, 9.17) is 16.3 Å². The number of carboxylic acids is 1. The van der Waals surface area contributed by atoms with Gasteiger partial charge in [0.2, 0.25) is 0 Å². The lowest BCUT2D eigenvalue weighted by Gasteiger charge is -2.27. The highest BCUT2D eigenvalue weighted by Crippen LogP contribution is 2.33. The first-order valence-electron chi connectivity index (χ1n) is 6.51.